The van der Waals surface area contributed by atoms with Crippen LogP contribution in [0.5, 0.6) is 11.5 Å². The average Bonchev–Trinajstić information content (AvgIpc) is 2.83. The molecule has 0 saturated carbocycles. The first-order valence-electron chi connectivity index (χ1n) is 12.0. The Bertz CT molecular complexity index is 1310. The molecule has 0 aliphatic heterocycles. The zero-order valence-electron chi connectivity index (χ0n) is 23.0. The van der Waals surface area contributed by atoms with Crippen molar-refractivity contribution in [2.24, 2.45) is 0 Å². The molecule has 0 spiro atoms. The maximum absolute atomic E-state index is 13.1. The van der Waals surface area contributed by atoms with Crippen LogP contribution in [0.1, 0.15) is 53.1 Å². The molecule has 1 aromatic heterocycles. The van der Waals surface area contributed by atoms with E-state index in [1.807, 2.05) is 20.8 Å². The minimum absolute atomic E-state index is 0.252. The number of pyridine rings is 1. The highest BCUT2D eigenvalue weighted by Crippen LogP contribution is 2.34. The Labute approximate surface area is 222 Å². The number of carboxylic acids is 1. The van der Waals surface area contributed by atoms with Gasteiger partial charge in [0, 0.05) is 22.8 Å². The molecular weight excluding hydrogens is 490 g/mol. The quantitative estimate of drug-likeness (QED) is 0.343. The second-order valence-corrected chi connectivity index (χ2v) is 10.6. The third-order valence-electron chi connectivity index (χ3n) is 5.17. The van der Waals surface area contributed by atoms with Crippen molar-refractivity contribution in [2.45, 2.75) is 58.8 Å². The number of nitrogens with zero attached hydrogens (tertiary/aromatic N) is 2. The second-order valence-electron chi connectivity index (χ2n) is 10.6. The van der Waals surface area contributed by atoms with Gasteiger partial charge in [-0.1, -0.05) is 0 Å². The van der Waals surface area contributed by atoms with Gasteiger partial charge >= 0.3 is 12.1 Å². The molecule has 0 bridgehead atoms. The number of anilines is 2. The van der Waals surface area contributed by atoms with Crippen LogP contribution >= 0.6 is 0 Å². The molecule has 3 rings (SSSR count). The van der Waals surface area contributed by atoms with E-state index in [4.69, 9.17) is 19.0 Å². The smallest absolute Gasteiger partial charge is 0.440 e. The fourth-order valence-corrected chi connectivity index (χ4v) is 3.66. The third-order valence-corrected chi connectivity index (χ3v) is 5.17. The van der Waals surface area contributed by atoms with E-state index in [-0.39, 0.29) is 5.82 Å². The van der Waals surface area contributed by atoms with Crippen LogP contribution in [0, 0.1) is 0 Å². The van der Waals surface area contributed by atoms with Gasteiger partial charge in [-0.3, -0.25) is 4.84 Å². The molecule has 10 nitrogen and oxygen atoms in total. The Kier molecular flexibility index (Phi) is 8.36. The second kappa shape index (κ2) is 11.1. The summed E-state index contributed by atoms with van der Waals surface area (Å²) >= 11 is 0. The molecule has 0 saturated heterocycles. The highest BCUT2D eigenvalue weighted by molar-refractivity contribution is 6.00. The third kappa shape index (κ3) is 7.04. The van der Waals surface area contributed by atoms with Gasteiger partial charge in [-0.15, -0.1) is 5.06 Å². The lowest BCUT2D eigenvalue weighted by atomic mass is 10.0. The lowest BCUT2D eigenvalue weighted by Crippen LogP contribution is -2.42. The summed E-state index contributed by atoms with van der Waals surface area (Å²) < 4.78 is 16.2. The lowest BCUT2D eigenvalue weighted by Gasteiger charge is -2.31. The SMILES string of the molecule is COc1ccc(OC)c(C(Nc2ccc3c(N(OC(C)(C)C)C(=O)OC(C)(C)C)nccc3c2)C(=O)O)c1. The molecule has 0 aliphatic carbocycles. The van der Waals surface area contributed by atoms with Crippen LogP contribution < -0.4 is 19.9 Å². The van der Waals surface area contributed by atoms with Crippen LogP contribution in [0.25, 0.3) is 10.8 Å². The van der Waals surface area contributed by atoms with Gasteiger partial charge in [-0.05, 0) is 89.4 Å². The number of hydrogen-bond acceptors (Lipinski definition) is 8. The summed E-state index contributed by atoms with van der Waals surface area (Å²) in [6.45, 7) is 10.8. The average molecular weight is 526 g/mol. The number of benzene rings is 2. The van der Waals surface area contributed by atoms with E-state index in [1.165, 1.54) is 14.2 Å². The molecule has 38 heavy (non-hydrogen) atoms. The molecule has 0 fully saturated rings. The van der Waals surface area contributed by atoms with Gasteiger partial charge < -0.3 is 24.6 Å². The molecule has 2 aromatic carbocycles. The van der Waals surface area contributed by atoms with E-state index < -0.39 is 29.3 Å². The fourth-order valence-electron chi connectivity index (χ4n) is 3.66. The van der Waals surface area contributed by atoms with Crippen LogP contribution in [-0.2, 0) is 14.4 Å². The minimum atomic E-state index is -1.12. The van der Waals surface area contributed by atoms with Crippen molar-refractivity contribution >= 4 is 34.3 Å². The van der Waals surface area contributed by atoms with Gasteiger partial charge in [-0.25, -0.2) is 14.6 Å². The molecular formula is C28H35N3O7. The van der Waals surface area contributed by atoms with Crippen LogP contribution in [0.4, 0.5) is 16.3 Å². The number of aliphatic carboxylic acids is 1. The number of nitrogens with one attached hydrogen (secondary N) is 1. The molecule has 1 heterocycles. The minimum Gasteiger partial charge on any atom is -0.497 e. The Hall–Kier alpha value is -4.05. The molecule has 3 aromatic rings. The number of carboxylic acid groups (broad SMARTS) is 1. The molecule has 1 atom stereocenters. The van der Waals surface area contributed by atoms with Crippen LogP contribution in [0.2, 0.25) is 0 Å². The predicted molar refractivity (Wildman–Crippen MR) is 145 cm³/mol. The summed E-state index contributed by atoms with van der Waals surface area (Å²) in [4.78, 5) is 35.7. The molecule has 2 N–H and O–H groups in total. The van der Waals surface area contributed by atoms with Crippen molar-refractivity contribution in [3.8, 4) is 11.5 Å². The first-order valence-corrected chi connectivity index (χ1v) is 12.0. The summed E-state index contributed by atoms with van der Waals surface area (Å²) in [5.41, 5.74) is -0.519. The molecule has 1 unspecified atom stereocenters. The van der Waals surface area contributed by atoms with E-state index in [1.54, 1.807) is 69.4 Å². The number of rotatable bonds is 8. The fraction of sp³-hybridized carbons (Fsp3) is 0.393. The van der Waals surface area contributed by atoms with Gasteiger partial charge in [0.15, 0.2) is 11.9 Å². The Morgan fingerprint density at radius 2 is 1.66 bits per heavy atom. The van der Waals surface area contributed by atoms with Gasteiger partial charge in [0.05, 0.1) is 19.8 Å². The number of hydrogen-bond donors (Lipinski definition) is 2. The predicted octanol–water partition coefficient (Wildman–Crippen LogP) is 5.96. The van der Waals surface area contributed by atoms with Crippen molar-refractivity contribution in [1.29, 1.82) is 0 Å². The van der Waals surface area contributed by atoms with Gasteiger partial charge in [0.1, 0.15) is 17.1 Å². The molecule has 0 radical (unpaired) electrons. The van der Waals surface area contributed by atoms with E-state index >= 15 is 0 Å². The van der Waals surface area contributed by atoms with Crippen molar-refractivity contribution < 1.29 is 33.7 Å². The maximum Gasteiger partial charge on any atom is 0.440 e. The molecule has 0 aliphatic rings. The monoisotopic (exact) mass is 525 g/mol. The zero-order valence-corrected chi connectivity index (χ0v) is 23.0. The molecule has 1 amide bonds. The van der Waals surface area contributed by atoms with Crippen LogP contribution in [0.3, 0.4) is 0 Å². The summed E-state index contributed by atoms with van der Waals surface area (Å²) in [5.74, 6) is 0.0682. The summed E-state index contributed by atoms with van der Waals surface area (Å²) in [6.07, 6.45) is 0.843. The number of amides is 1. The summed E-state index contributed by atoms with van der Waals surface area (Å²) in [6, 6.07) is 10.8. The first kappa shape index (κ1) is 28.5. The number of fused-ring (bicyclic) bond motifs is 1. The van der Waals surface area contributed by atoms with Crippen molar-refractivity contribution in [3.05, 3.63) is 54.2 Å². The van der Waals surface area contributed by atoms with Gasteiger partial charge in [0.2, 0.25) is 0 Å². The van der Waals surface area contributed by atoms with Crippen molar-refractivity contribution in [1.82, 2.24) is 4.98 Å². The highest BCUT2D eigenvalue weighted by Gasteiger charge is 2.31. The number of carbonyl (C=O) groups excluding carboxylic acids is 1. The zero-order chi connectivity index (χ0) is 28.3. The number of ether oxygens (including phenoxy) is 3. The largest absolute Gasteiger partial charge is 0.497 e. The van der Waals surface area contributed by atoms with E-state index in [0.29, 0.717) is 33.5 Å². The van der Waals surface area contributed by atoms with E-state index in [0.717, 1.165) is 5.06 Å². The number of hydroxylamine groups is 1. The number of aromatic nitrogens is 1. The topological polar surface area (TPSA) is 119 Å². The lowest BCUT2D eigenvalue weighted by molar-refractivity contribution is -0.138. The van der Waals surface area contributed by atoms with Crippen molar-refractivity contribution in [2.75, 3.05) is 24.6 Å². The molecule has 10 heteroatoms. The normalized spacial score (nSPS) is 12.5. The summed E-state index contributed by atoms with van der Waals surface area (Å²) in [7, 11) is 2.98. The van der Waals surface area contributed by atoms with E-state index in [2.05, 4.69) is 10.3 Å². The Morgan fingerprint density at radius 3 is 2.24 bits per heavy atom. The van der Waals surface area contributed by atoms with Gasteiger partial charge in [-0.2, -0.15) is 0 Å². The van der Waals surface area contributed by atoms with E-state index in [9.17, 15) is 14.7 Å². The molecule has 204 valence electrons. The first-order chi connectivity index (χ1) is 17.7. The number of carbonyl (C=O) groups is 2. The highest BCUT2D eigenvalue weighted by atomic mass is 16.7. The maximum atomic E-state index is 13.1. The standard InChI is InChI=1S/C28H35N3O7/c1-27(2,3)37-26(34)31(38-28(4,5)6)24-20-11-9-18(15-17(20)13-14-29-24)30-23(25(32)33)21-16-19(35-7)10-12-22(21)36-8/h9-16,23,30H,1-8H3,(H,32,33). The van der Waals surface area contributed by atoms with Gasteiger partial charge in [0.25, 0.3) is 0 Å². The number of methoxy groups -OCH3 is 2. The van der Waals surface area contributed by atoms with Crippen LogP contribution in [0.15, 0.2) is 48.7 Å². The summed E-state index contributed by atoms with van der Waals surface area (Å²) in [5, 5.41) is 15.5. The Balaban J connectivity index is 2.03. The van der Waals surface area contributed by atoms with Crippen LogP contribution in [-0.4, -0.2) is 47.6 Å². The van der Waals surface area contributed by atoms with Crippen molar-refractivity contribution in [3.63, 3.8) is 0 Å². The Morgan fingerprint density at radius 1 is 0.947 bits per heavy atom.